The Morgan fingerprint density at radius 1 is 1.10 bits per heavy atom. The zero-order valence-electron chi connectivity index (χ0n) is 11.4. The standard InChI is InChI=1S/C16H19ClN2O/c17-13-1-3-14(4-2-13)18-16(20)15-11-5-10-6-12(15)9-19(7-10)8-11/h1-4,10-12,15H,5-9H2,(H,18,20). The molecule has 0 aromatic heterocycles. The van der Waals surface area contributed by atoms with Crippen molar-refractivity contribution in [3.8, 4) is 0 Å². The molecule has 2 atom stereocenters. The van der Waals surface area contributed by atoms with Crippen LogP contribution in [0.5, 0.6) is 0 Å². The van der Waals surface area contributed by atoms with Crippen LogP contribution in [0.3, 0.4) is 0 Å². The molecule has 20 heavy (non-hydrogen) atoms. The number of nitrogens with zero attached hydrogens (tertiary/aromatic N) is 1. The molecule has 4 bridgehead atoms. The lowest BCUT2D eigenvalue weighted by molar-refractivity contribution is -0.135. The molecular weight excluding hydrogens is 272 g/mol. The number of halogens is 1. The Labute approximate surface area is 124 Å². The Morgan fingerprint density at radius 2 is 1.75 bits per heavy atom. The molecule has 0 radical (unpaired) electrons. The highest BCUT2D eigenvalue weighted by Gasteiger charge is 2.50. The molecule has 1 aromatic rings. The zero-order valence-corrected chi connectivity index (χ0v) is 12.1. The van der Waals surface area contributed by atoms with Crippen LogP contribution in [0.25, 0.3) is 0 Å². The highest BCUT2D eigenvalue weighted by molar-refractivity contribution is 6.30. The van der Waals surface area contributed by atoms with Gasteiger partial charge in [0.2, 0.25) is 5.91 Å². The van der Waals surface area contributed by atoms with Gasteiger partial charge in [0.1, 0.15) is 0 Å². The Bertz CT molecular complexity index is 500. The molecule has 3 aliphatic heterocycles. The molecule has 4 fully saturated rings. The minimum Gasteiger partial charge on any atom is -0.326 e. The van der Waals surface area contributed by atoms with E-state index in [0.717, 1.165) is 24.7 Å². The maximum atomic E-state index is 12.6. The summed E-state index contributed by atoms with van der Waals surface area (Å²) in [4.78, 5) is 15.2. The van der Waals surface area contributed by atoms with Crippen molar-refractivity contribution in [1.82, 2.24) is 4.90 Å². The summed E-state index contributed by atoms with van der Waals surface area (Å²) in [6, 6.07) is 7.39. The summed E-state index contributed by atoms with van der Waals surface area (Å²) in [5, 5.41) is 3.78. The molecule has 3 saturated heterocycles. The van der Waals surface area contributed by atoms with Crippen molar-refractivity contribution in [2.24, 2.45) is 23.7 Å². The molecule has 2 unspecified atom stereocenters. The highest BCUT2D eigenvalue weighted by atomic mass is 35.5. The molecule has 0 spiro atoms. The molecule has 4 aliphatic rings. The molecule has 4 heteroatoms. The molecule has 3 heterocycles. The van der Waals surface area contributed by atoms with E-state index in [-0.39, 0.29) is 11.8 Å². The minimum absolute atomic E-state index is 0.207. The smallest absolute Gasteiger partial charge is 0.228 e. The average Bonchev–Trinajstić information content (AvgIpc) is 2.40. The first-order valence-corrected chi connectivity index (χ1v) is 7.85. The van der Waals surface area contributed by atoms with Gasteiger partial charge in [-0.15, -0.1) is 0 Å². The maximum Gasteiger partial charge on any atom is 0.228 e. The summed E-state index contributed by atoms with van der Waals surface area (Å²) < 4.78 is 0. The molecule has 1 saturated carbocycles. The zero-order chi connectivity index (χ0) is 13.7. The van der Waals surface area contributed by atoms with Crippen molar-refractivity contribution in [3.63, 3.8) is 0 Å². The SMILES string of the molecule is O=C(Nc1ccc(Cl)cc1)C1C2CC3CC1CN(C3)C2. The van der Waals surface area contributed by atoms with E-state index >= 15 is 0 Å². The lowest BCUT2D eigenvalue weighted by Gasteiger charge is -2.55. The van der Waals surface area contributed by atoms with E-state index in [1.54, 1.807) is 0 Å². The van der Waals surface area contributed by atoms with Crippen LogP contribution in [-0.2, 0) is 4.79 Å². The quantitative estimate of drug-likeness (QED) is 0.908. The Hall–Kier alpha value is -1.06. The summed E-state index contributed by atoms with van der Waals surface area (Å²) >= 11 is 5.88. The average molecular weight is 291 g/mol. The molecule has 5 rings (SSSR count). The lowest BCUT2D eigenvalue weighted by atomic mass is 9.61. The number of carbonyl (C=O) groups excluding carboxylic acids is 1. The van der Waals surface area contributed by atoms with Crippen LogP contribution in [-0.4, -0.2) is 30.4 Å². The maximum absolute atomic E-state index is 12.6. The van der Waals surface area contributed by atoms with Crippen LogP contribution < -0.4 is 5.32 Å². The summed E-state index contributed by atoms with van der Waals surface area (Å²) in [5.74, 6) is 2.38. The normalized spacial score (nSPS) is 38.0. The van der Waals surface area contributed by atoms with Crippen molar-refractivity contribution in [2.45, 2.75) is 12.8 Å². The largest absolute Gasteiger partial charge is 0.326 e. The third kappa shape index (κ3) is 2.13. The van der Waals surface area contributed by atoms with Gasteiger partial charge < -0.3 is 10.2 Å². The number of amides is 1. The second kappa shape index (κ2) is 4.74. The molecule has 1 aromatic carbocycles. The van der Waals surface area contributed by atoms with Gasteiger partial charge in [0.15, 0.2) is 0 Å². The van der Waals surface area contributed by atoms with Crippen LogP contribution in [0.15, 0.2) is 24.3 Å². The summed E-state index contributed by atoms with van der Waals surface area (Å²) in [5.41, 5.74) is 0.855. The fourth-order valence-corrected chi connectivity index (χ4v) is 4.72. The summed E-state index contributed by atoms with van der Waals surface area (Å²) in [6.45, 7) is 3.50. The predicted octanol–water partition coefficient (Wildman–Crippen LogP) is 2.87. The van der Waals surface area contributed by atoms with E-state index < -0.39 is 0 Å². The van der Waals surface area contributed by atoms with Crippen LogP contribution in [0.4, 0.5) is 5.69 Å². The molecule has 1 amide bonds. The van der Waals surface area contributed by atoms with Crippen LogP contribution in [0.2, 0.25) is 5.02 Å². The fraction of sp³-hybridized carbons (Fsp3) is 0.562. The van der Waals surface area contributed by atoms with Gasteiger partial charge in [0.05, 0.1) is 0 Å². The van der Waals surface area contributed by atoms with Gasteiger partial charge in [-0.1, -0.05) is 11.6 Å². The van der Waals surface area contributed by atoms with Crippen LogP contribution in [0.1, 0.15) is 12.8 Å². The number of hydrogen-bond acceptors (Lipinski definition) is 2. The molecule has 1 N–H and O–H groups in total. The number of piperidine rings is 3. The number of carbonyl (C=O) groups is 1. The van der Waals surface area contributed by atoms with Gasteiger partial charge in [-0.3, -0.25) is 4.79 Å². The first kappa shape index (κ1) is 12.7. The van der Waals surface area contributed by atoms with E-state index in [1.165, 1.54) is 19.4 Å². The fourth-order valence-electron chi connectivity index (χ4n) is 4.59. The Balaban J connectivity index is 1.50. The van der Waals surface area contributed by atoms with Crippen LogP contribution in [0, 0.1) is 23.7 Å². The van der Waals surface area contributed by atoms with Crippen molar-refractivity contribution < 1.29 is 4.79 Å². The van der Waals surface area contributed by atoms with E-state index in [4.69, 9.17) is 11.6 Å². The van der Waals surface area contributed by atoms with Gasteiger partial charge in [0, 0.05) is 36.3 Å². The predicted molar refractivity (Wildman–Crippen MR) is 79.7 cm³/mol. The molecule has 3 nitrogen and oxygen atoms in total. The van der Waals surface area contributed by atoms with Gasteiger partial charge in [-0.2, -0.15) is 0 Å². The second-order valence-corrected chi connectivity index (χ2v) is 7.03. The van der Waals surface area contributed by atoms with Crippen molar-refractivity contribution in [1.29, 1.82) is 0 Å². The van der Waals surface area contributed by atoms with Gasteiger partial charge in [-0.25, -0.2) is 0 Å². The van der Waals surface area contributed by atoms with E-state index in [0.29, 0.717) is 16.9 Å². The summed E-state index contributed by atoms with van der Waals surface area (Å²) in [6.07, 6.45) is 2.48. The first-order valence-electron chi connectivity index (χ1n) is 7.48. The highest BCUT2D eigenvalue weighted by Crippen LogP contribution is 2.47. The van der Waals surface area contributed by atoms with Crippen molar-refractivity contribution in [2.75, 3.05) is 25.0 Å². The topological polar surface area (TPSA) is 32.3 Å². The van der Waals surface area contributed by atoms with Crippen molar-refractivity contribution >= 4 is 23.2 Å². The second-order valence-electron chi connectivity index (χ2n) is 6.60. The third-order valence-corrected chi connectivity index (χ3v) is 5.46. The van der Waals surface area contributed by atoms with E-state index in [1.807, 2.05) is 24.3 Å². The number of benzene rings is 1. The van der Waals surface area contributed by atoms with Gasteiger partial charge in [0.25, 0.3) is 0 Å². The van der Waals surface area contributed by atoms with Crippen molar-refractivity contribution in [3.05, 3.63) is 29.3 Å². The third-order valence-electron chi connectivity index (χ3n) is 5.20. The number of rotatable bonds is 2. The molecular formula is C16H19ClN2O. The van der Waals surface area contributed by atoms with Gasteiger partial charge in [-0.05, 0) is 54.9 Å². The summed E-state index contributed by atoms with van der Waals surface area (Å²) in [7, 11) is 0. The van der Waals surface area contributed by atoms with Gasteiger partial charge >= 0.3 is 0 Å². The van der Waals surface area contributed by atoms with Crippen LogP contribution >= 0.6 is 11.6 Å². The van der Waals surface area contributed by atoms with E-state index in [9.17, 15) is 4.79 Å². The lowest BCUT2D eigenvalue weighted by Crippen LogP contribution is -2.60. The number of anilines is 1. The number of hydrogen-bond donors (Lipinski definition) is 1. The number of nitrogens with one attached hydrogen (secondary N) is 1. The monoisotopic (exact) mass is 290 g/mol. The Morgan fingerprint density at radius 3 is 2.35 bits per heavy atom. The molecule has 1 aliphatic carbocycles. The minimum atomic E-state index is 0.207. The Kier molecular flexibility index (Phi) is 3.00. The molecule has 106 valence electrons. The van der Waals surface area contributed by atoms with E-state index in [2.05, 4.69) is 10.2 Å². The first-order chi connectivity index (χ1) is 9.69.